The lowest BCUT2D eigenvalue weighted by molar-refractivity contribution is 0.463. The van der Waals surface area contributed by atoms with Crippen molar-refractivity contribution in [2.45, 2.75) is 40.5 Å². The van der Waals surface area contributed by atoms with E-state index in [4.69, 9.17) is 0 Å². The Morgan fingerprint density at radius 2 is 2.00 bits per heavy atom. The van der Waals surface area contributed by atoms with Crippen molar-refractivity contribution in [1.29, 1.82) is 0 Å². The second-order valence-electron chi connectivity index (χ2n) is 5.79. The van der Waals surface area contributed by atoms with Gasteiger partial charge >= 0.3 is 0 Å². The lowest BCUT2D eigenvalue weighted by Gasteiger charge is -2.17. The van der Waals surface area contributed by atoms with E-state index in [1.54, 1.807) is 6.07 Å². The standard InChI is InChI=1S/C11H21N3O2S/c1-8(2)9-6-10(13-12-9)14-17(15,16)7-11(3,4)5/h6,8H,7H2,1-5H3,(H2,12,13,14). The van der Waals surface area contributed by atoms with Crippen molar-refractivity contribution in [1.82, 2.24) is 10.2 Å². The van der Waals surface area contributed by atoms with E-state index in [0.29, 0.717) is 11.7 Å². The monoisotopic (exact) mass is 259 g/mol. The van der Waals surface area contributed by atoms with Gasteiger partial charge in [-0.25, -0.2) is 8.42 Å². The highest BCUT2D eigenvalue weighted by Crippen LogP contribution is 2.19. The van der Waals surface area contributed by atoms with Crippen molar-refractivity contribution in [3.8, 4) is 0 Å². The summed E-state index contributed by atoms with van der Waals surface area (Å²) in [6.07, 6.45) is 0. The Balaban J connectivity index is 2.77. The van der Waals surface area contributed by atoms with Crippen LogP contribution >= 0.6 is 0 Å². The summed E-state index contributed by atoms with van der Waals surface area (Å²) >= 11 is 0. The van der Waals surface area contributed by atoms with Crippen LogP contribution in [0.2, 0.25) is 0 Å². The van der Waals surface area contributed by atoms with Crippen LogP contribution in [-0.4, -0.2) is 24.4 Å². The second-order valence-corrected chi connectivity index (χ2v) is 7.51. The molecule has 0 fully saturated rings. The van der Waals surface area contributed by atoms with E-state index < -0.39 is 10.0 Å². The summed E-state index contributed by atoms with van der Waals surface area (Å²) < 4.78 is 26.1. The average molecular weight is 259 g/mol. The first-order chi connectivity index (χ1) is 7.59. The highest BCUT2D eigenvalue weighted by atomic mass is 32.2. The molecule has 6 heteroatoms. The maximum Gasteiger partial charge on any atom is 0.234 e. The molecule has 1 aromatic rings. The topological polar surface area (TPSA) is 74.8 Å². The van der Waals surface area contributed by atoms with Gasteiger partial charge in [-0.2, -0.15) is 5.10 Å². The van der Waals surface area contributed by atoms with Gasteiger partial charge in [-0.05, 0) is 11.3 Å². The van der Waals surface area contributed by atoms with Gasteiger partial charge in [-0.15, -0.1) is 0 Å². The van der Waals surface area contributed by atoms with Gasteiger partial charge in [0.05, 0.1) is 5.75 Å². The molecule has 0 aliphatic carbocycles. The fourth-order valence-corrected chi connectivity index (χ4v) is 3.09. The molecule has 17 heavy (non-hydrogen) atoms. The molecule has 0 bridgehead atoms. The van der Waals surface area contributed by atoms with Crippen molar-refractivity contribution in [2.24, 2.45) is 5.41 Å². The van der Waals surface area contributed by atoms with Crippen molar-refractivity contribution in [2.75, 3.05) is 10.5 Å². The molecule has 98 valence electrons. The van der Waals surface area contributed by atoms with Gasteiger partial charge in [0.1, 0.15) is 0 Å². The SMILES string of the molecule is CC(C)c1cc(NS(=O)(=O)CC(C)(C)C)n[nH]1. The summed E-state index contributed by atoms with van der Waals surface area (Å²) in [7, 11) is -3.34. The summed E-state index contributed by atoms with van der Waals surface area (Å²) in [5.41, 5.74) is 0.640. The molecule has 0 unspecified atom stereocenters. The first-order valence-electron chi connectivity index (χ1n) is 5.65. The molecule has 0 spiro atoms. The zero-order chi connectivity index (χ0) is 13.3. The highest BCUT2D eigenvalue weighted by molar-refractivity contribution is 7.92. The van der Waals surface area contributed by atoms with Crippen LogP contribution in [-0.2, 0) is 10.0 Å². The quantitative estimate of drug-likeness (QED) is 0.871. The van der Waals surface area contributed by atoms with E-state index in [1.807, 2.05) is 34.6 Å². The number of rotatable bonds is 4. The molecule has 0 radical (unpaired) electrons. The predicted octanol–water partition coefficient (Wildman–Crippen LogP) is 2.32. The molecular formula is C11H21N3O2S. The van der Waals surface area contributed by atoms with Gasteiger partial charge in [-0.1, -0.05) is 34.6 Å². The first kappa shape index (κ1) is 14.0. The summed E-state index contributed by atoms with van der Waals surface area (Å²) in [5, 5.41) is 6.75. The summed E-state index contributed by atoms with van der Waals surface area (Å²) in [5.74, 6) is 0.727. The Hall–Kier alpha value is -1.04. The normalized spacial score (nSPS) is 13.1. The predicted molar refractivity (Wildman–Crippen MR) is 69.5 cm³/mol. The molecule has 0 amide bonds. The molecule has 0 aromatic carbocycles. The maximum atomic E-state index is 11.8. The number of anilines is 1. The molecule has 0 saturated carbocycles. The molecule has 2 N–H and O–H groups in total. The van der Waals surface area contributed by atoms with Crippen molar-refractivity contribution in [3.05, 3.63) is 11.8 Å². The number of nitrogens with one attached hydrogen (secondary N) is 2. The molecule has 0 atom stereocenters. The van der Waals surface area contributed by atoms with Crippen LogP contribution in [0, 0.1) is 5.41 Å². The fourth-order valence-electron chi connectivity index (χ4n) is 1.45. The van der Waals surface area contributed by atoms with Crippen LogP contribution in [0.25, 0.3) is 0 Å². The van der Waals surface area contributed by atoms with Crippen LogP contribution < -0.4 is 4.72 Å². The van der Waals surface area contributed by atoms with Gasteiger partial charge in [0.15, 0.2) is 5.82 Å². The van der Waals surface area contributed by atoms with Crippen LogP contribution in [0.3, 0.4) is 0 Å². The summed E-state index contributed by atoms with van der Waals surface area (Å²) in [6.45, 7) is 9.69. The number of aromatic amines is 1. The van der Waals surface area contributed by atoms with E-state index >= 15 is 0 Å². The lowest BCUT2D eigenvalue weighted by Crippen LogP contribution is -2.26. The van der Waals surface area contributed by atoms with Gasteiger partial charge in [0.25, 0.3) is 0 Å². The Morgan fingerprint density at radius 3 is 2.41 bits per heavy atom. The van der Waals surface area contributed by atoms with Gasteiger partial charge in [0.2, 0.25) is 10.0 Å². The largest absolute Gasteiger partial charge is 0.280 e. The molecule has 5 nitrogen and oxygen atoms in total. The van der Waals surface area contributed by atoms with Crippen LogP contribution in [0.15, 0.2) is 6.07 Å². The van der Waals surface area contributed by atoms with E-state index in [0.717, 1.165) is 5.69 Å². The molecular weight excluding hydrogens is 238 g/mol. The number of aromatic nitrogens is 2. The molecule has 1 heterocycles. The van der Waals surface area contributed by atoms with E-state index in [-0.39, 0.29) is 11.2 Å². The number of hydrogen-bond donors (Lipinski definition) is 2. The van der Waals surface area contributed by atoms with Crippen molar-refractivity contribution < 1.29 is 8.42 Å². The zero-order valence-electron chi connectivity index (χ0n) is 11.0. The minimum absolute atomic E-state index is 0.0733. The number of sulfonamides is 1. The molecule has 0 aliphatic heterocycles. The molecule has 1 rings (SSSR count). The zero-order valence-corrected chi connectivity index (χ0v) is 11.9. The Bertz CT molecular complexity index is 469. The average Bonchev–Trinajstić information content (AvgIpc) is 2.46. The first-order valence-corrected chi connectivity index (χ1v) is 7.30. The van der Waals surface area contributed by atoms with Crippen LogP contribution in [0.4, 0.5) is 5.82 Å². The number of nitrogens with zero attached hydrogens (tertiary/aromatic N) is 1. The highest BCUT2D eigenvalue weighted by Gasteiger charge is 2.22. The Kier molecular flexibility index (Phi) is 3.86. The van der Waals surface area contributed by atoms with E-state index in [1.165, 1.54) is 0 Å². The molecule has 0 aliphatic rings. The van der Waals surface area contributed by atoms with Gasteiger partial charge in [-0.3, -0.25) is 9.82 Å². The third-order valence-corrected chi connectivity index (χ3v) is 3.87. The minimum atomic E-state index is -3.34. The summed E-state index contributed by atoms with van der Waals surface area (Å²) in [4.78, 5) is 0. The smallest absolute Gasteiger partial charge is 0.234 e. The van der Waals surface area contributed by atoms with Crippen LogP contribution in [0.5, 0.6) is 0 Å². The van der Waals surface area contributed by atoms with Crippen molar-refractivity contribution >= 4 is 15.8 Å². The number of H-pyrrole nitrogens is 1. The fraction of sp³-hybridized carbons (Fsp3) is 0.727. The lowest BCUT2D eigenvalue weighted by atomic mass is 10.0. The molecule has 1 aromatic heterocycles. The molecule has 0 saturated heterocycles. The Labute approximate surface area is 103 Å². The van der Waals surface area contributed by atoms with Crippen LogP contribution in [0.1, 0.15) is 46.2 Å². The number of hydrogen-bond acceptors (Lipinski definition) is 3. The van der Waals surface area contributed by atoms with E-state index in [9.17, 15) is 8.42 Å². The maximum absolute atomic E-state index is 11.8. The van der Waals surface area contributed by atoms with Crippen molar-refractivity contribution in [3.63, 3.8) is 0 Å². The minimum Gasteiger partial charge on any atom is -0.280 e. The Morgan fingerprint density at radius 1 is 1.41 bits per heavy atom. The third-order valence-electron chi connectivity index (χ3n) is 2.10. The van der Waals surface area contributed by atoms with Gasteiger partial charge < -0.3 is 0 Å². The third kappa shape index (κ3) is 4.77. The van der Waals surface area contributed by atoms with Gasteiger partial charge in [0, 0.05) is 11.8 Å². The second kappa shape index (κ2) is 4.68. The van der Waals surface area contributed by atoms with E-state index in [2.05, 4.69) is 14.9 Å². The summed E-state index contributed by atoms with van der Waals surface area (Å²) in [6, 6.07) is 1.73.